The first-order valence-electron chi connectivity index (χ1n) is 6.33. The molecule has 0 saturated carbocycles. The maximum Gasteiger partial charge on any atom is 0.253 e. The fraction of sp³-hybridized carbons (Fsp3) is 0.429. The van der Waals surface area contributed by atoms with Crippen molar-refractivity contribution >= 4 is 23.1 Å². The van der Waals surface area contributed by atoms with Crippen LogP contribution in [0.2, 0.25) is 0 Å². The van der Waals surface area contributed by atoms with Gasteiger partial charge in [0.1, 0.15) is 0 Å². The number of rotatable bonds is 3. The highest BCUT2D eigenvalue weighted by atomic mass is 32.1. The molecule has 1 aliphatic heterocycles. The molecule has 0 aliphatic carbocycles. The first-order valence-corrected chi connectivity index (χ1v) is 6.74. The Hall–Kier alpha value is -1.42. The number of thiocarbonyl (C=S) groups is 1. The lowest BCUT2D eigenvalue weighted by Gasteiger charge is -2.26. The second-order valence-corrected chi connectivity index (χ2v) is 5.22. The number of nitrogens with two attached hydrogens (primary N) is 1. The van der Waals surface area contributed by atoms with E-state index in [1.54, 1.807) is 0 Å². The zero-order valence-corrected chi connectivity index (χ0v) is 11.2. The number of nitrogens with zero attached hydrogens (tertiary/aromatic N) is 1. The van der Waals surface area contributed by atoms with Gasteiger partial charge in [0.25, 0.3) is 5.91 Å². The van der Waals surface area contributed by atoms with Gasteiger partial charge in [0.15, 0.2) is 0 Å². The first-order chi connectivity index (χ1) is 8.66. The van der Waals surface area contributed by atoms with E-state index in [9.17, 15) is 4.79 Å². The van der Waals surface area contributed by atoms with Crippen LogP contribution in [0.4, 0.5) is 0 Å². The molecule has 1 aromatic rings. The number of amides is 1. The smallest absolute Gasteiger partial charge is 0.253 e. The Morgan fingerprint density at radius 3 is 2.67 bits per heavy atom. The molecule has 1 heterocycles. The topological polar surface area (TPSA) is 46.3 Å². The number of hydrogen-bond donors (Lipinski definition) is 1. The van der Waals surface area contributed by atoms with Gasteiger partial charge in [-0.2, -0.15) is 0 Å². The van der Waals surface area contributed by atoms with Crippen molar-refractivity contribution in [3.05, 3.63) is 35.4 Å². The van der Waals surface area contributed by atoms with E-state index >= 15 is 0 Å². The Morgan fingerprint density at radius 1 is 1.28 bits per heavy atom. The summed E-state index contributed by atoms with van der Waals surface area (Å²) in [4.78, 5) is 14.7. The molecule has 0 atom stereocenters. The number of benzene rings is 1. The van der Waals surface area contributed by atoms with Crippen LogP contribution in [0.25, 0.3) is 0 Å². The third-order valence-electron chi connectivity index (χ3n) is 3.20. The van der Waals surface area contributed by atoms with E-state index in [1.165, 1.54) is 6.42 Å². The summed E-state index contributed by atoms with van der Waals surface area (Å²) in [5, 5.41) is 0. The standard InChI is InChI=1S/C14H18N2OS/c15-13(18)10-11-5-4-6-12(9-11)14(17)16-7-2-1-3-8-16/h4-6,9H,1-3,7-8,10H2,(H2,15,18). The Bertz CT molecular complexity index is 453. The van der Waals surface area contributed by atoms with Crippen molar-refractivity contribution in [1.29, 1.82) is 0 Å². The van der Waals surface area contributed by atoms with E-state index in [2.05, 4.69) is 0 Å². The highest BCUT2D eigenvalue weighted by Crippen LogP contribution is 2.14. The Labute approximate surface area is 113 Å². The molecule has 1 aliphatic rings. The minimum atomic E-state index is 0.125. The number of piperidine rings is 1. The molecule has 0 aromatic heterocycles. The molecule has 1 fully saturated rings. The van der Waals surface area contributed by atoms with Crippen LogP contribution < -0.4 is 5.73 Å². The van der Waals surface area contributed by atoms with Gasteiger partial charge in [-0.05, 0) is 37.0 Å². The maximum absolute atomic E-state index is 12.3. The van der Waals surface area contributed by atoms with E-state index in [0.717, 1.165) is 37.1 Å². The lowest BCUT2D eigenvalue weighted by molar-refractivity contribution is 0.0724. The lowest BCUT2D eigenvalue weighted by Crippen LogP contribution is -2.35. The second-order valence-electron chi connectivity index (χ2n) is 4.70. The summed E-state index contributed by atoms with van der Waals surface area (Å²) in [6.45, 7) is 1.75. The summed E-state index contributed by atoms with van der Waals surface area (Å²) < 4.78 is 0. The van der Waals surface area contributed by atoms with Gasteiger partial charge in [-0.3, -0.25) is 4.79 Å². The van der Waals surface area contributed by atoms with Crippen LogP contribution in [-0.2, 0) is 6.42 Å². The molecule has 3 nitrogen and oxygen atoms in total. The van der Waals surface area contributed by atoms with Crippen molar-refractivity contribution < 1.29 is 4.79 Å². The van der Waals surface area contributed by atoms with Gasteiger partial charge in [-0.25, -0.2) is 0 Å². The molecule has 2 N–H and O–H groups in total. The summed E-state index contributed by atoms with van der Waals surface area (Å²) >= 11 is 4.89. The summed E-state index contributed by atoms with van der Waals surface area (Å²) in [5.74, 6) is 0.125. The van der Waals surface area contributed by atoms with Gasteiger partial charge in [-0.1, -0.05) is 24.4 Å². The molecular formula is C14H18N2OS. The molecule has 0 unspecified atom stereocenters. The second kappa shape index (κ2) is 5.96. The molecule has 1 amide bonds. The fourth-order valence-corrected chi connectivity index (χ4v) is 2.46. The molecule has 1 aromatic carbocycles. The van der Waals surface area contributed by atoms with Crippen LogP contribution in [-0.4, -0.2) is 28.9 Å². The zero-order chi connectivity index (χ0) is 13.0. The summed E-state index contributed by atoms with van der Waals surface area (Å²) in [5.41, 5.74) is 7.28. The molecule has 1 saturated heterocycles. The van der Waals surface area contributed by atoms with Crippen molar-refractivity contribution in [2.45, 2.75) is 25.7 Å². The molecule has 4 heteroatoms. The summed E-state index contributed by atoms with van der Waals surface area (Å²) in [6.07, 6.45) is 4.00. The van der Waals surface area contributed by atoms with Crippen LogP contribution in [0.15, 0.2) is 24.3 Å². The average molecular weight is 262 g/mol. The molecular weight excluding hydrogens is 244 g/mol. The van der Waals surface area contributed by atoms with Crippen LogP contribution >= 0.6 is 12.2 Å². The quantitative estimate of drug-likeness (QED) is 0.849. The number of likely N-dealkylation sites (tertiary alicyclic amines) is 1. The van der Waals surface area contributed by atoms with Crippen LogP contribution in [0.5, 0.6) is 0 Å². The lowest BCUT2D eigenvalue weighted by atomic mass is 10.1. The first kappa shape index (κ1) is 13.0. The van der Waals surface area contributed by atoms with Gasteiger partial charge in [0, 0.05) is 25.1 Å². The highest BCUT2D eigenvalue weighted by molar-refractivity contribution is 7.80. The van der Waals surface area contributed by atoms with E-state index in [-0.39, 0.29) is 5.91 Å². The maximum atomic E-state index is 12.3. The summed E-state index contributed by atoms with van der Waals surface area (Å²) in [7, 11) is 0. The normalized spacial score (nSPS) is 15.4. The van der Waals surface area contributed by atoms with Crippen LogP contribution in [0, 0.1) is 0 Å². The third kappa shape index (κ3) is 3.29. The molecule has 18 heavy (non-hydrogen) atoms. The van der Waals surface area contributed by atoms with Gasteiger partial charge < -0.3 is 10.6 Å². The largest absolute Gasteiger partial charge is 0.393 e. The predicted molar refractivity (Wildman–Crippen MR) is 76.7 cm³/mol. The Morgan fingerprint density at radius 2 is 2.00 bits per heavy atom. The van der Waals surface area contributed by atoms with Crippen molar-refractivity contribution in [3.63, 3.8) is 0 Å². The molecule has 2 rings (SSSR count). The SMILES string of the molecule is NC(=S)Cc1cccc(C(=O)N2CCCCC2)c1. The van der Waals surface area contributed by atoms with Crippen molar-refractivity contribution in [1.82, 2.24) is 4.90 Å². The number of carbonyl (C=O) groups is 1. The molecule has 0 radical (unpaired) electrons. The van der Waals surface area contributed by atoms with Crippen LogP contribution in [0.1, 0.15) is 35.2 Å². The zero-order valence-electron chi connectivity index (χ0n) is 10.4. The van der Waals surface area contributed by atoms with Gasteiger partial charge in [-0.15, -0.1) is 0 Å². The minimum Gasteiger partial charge on any atom is -0.393 e. The third-order valence-corrected chi connectivity index (χ3v) is 3.34. The van der Waals surface area contributed by atoms with E-state index in [0.29, 0.717) is 11.4 Å². The van der Waals surface area contributed by atoms with Gasteiger partial charge in [0.2, 0.25) is 0 Å². The van der Waals surface area contributed by atoms with E-state index in [1.807, 2.05) is 29.2 Å². The van der Waals surface area contributed by atoms with E-state index < -0.39 is 0 Å². The predicted octanol–water partition coefficient (Wildman–Crippen LogP) is 2.14. The van der Waals surface area contributed by atoms with Crippen LogP contribution in [0.3, 0.4) is 0 Å². The van der Waals surface area contributed by atoms with Gasteiger partial charge >= 0.3 is 0 Å². The van der Waals surface area contributed by atoms with Crippen molar-refractivity contribution in [3.8, 4) is 0 Å². The summed E-state index contributed by atoms with van der Waals surface area (Å²) in [6, 6.07) is 7.60. The van der Waals surface area contributed by atoms with Gasteiger partial charge in [0.05, 0.1) is 4.99 Å². The van der Waals surface area contributed by atoms with Crippen molar-refractivity contribution in [2.24, 2.45) is 5.73 Å². The average Bonchev–Trinajstić information content (AvgIpc) is 2.38. The monoisotopic (exact) mass is 262 g/mol. The minimum absolute atomic E-state index is 0.125. The molecule has 0 spiro atoms. The Balaban J connectivity index is 2.11. The number of hydrogen-bond acceptors (Lipinski definition) is 2. The molecule has 96 valence electrons. The highest BCUT2D eigenvalue weighted by Gasteiger charge is 2.18. The fourth-order valence-electron chi connectivity index (χ4n) is 2.30. The molecule has 0 bridgehead atoms. The van der Waals surface area contributed by atoms with Crippen molar-refractivity contribution in [2.75, 3.05) is 13.1 Å². The van der Waals surface area contributed by atoms with E-state index in [4.69, 9.17) is 18.0 Å². The Kier molecular flexibility index (Phi) is 4.31. The number of carbonyl (C=O) groups excluding carboxylic acids is 1.